The maximum absolute atomic E-state index is 13.2. The van der Waals surface area contributed by atoms with Gasteiger partial charge in [-0.15, -0.1) is 10.2 Å². The number of halogens is 2. The van der Waals surface area contributed by atoms with Crippen LogP contribution in [0.25, 0.3) is 0 Å². The summed E-state index contributed by atoms with van der Waals surface area (Å²) in [6.07, 6.45) is 1.33. The Morgan fingerprint density at radius 3 is 2.91 bits per heavy atom. The largest absolute Gasteiger partial charge is 0.478 e. The quantitative estimate of drug-likeness (QED) is 0.897. The highest BCUT2D eigenvalue weighted by molar-refractivity contribution is 7.11. The summed E-state index contributed by atoms with van der Waals surface area (Å²) in [7, 11) is 0. The van der Waals surface area contributed by atoms with Crippen LogP contribution in [0, 0.1) is 5.82 Å². The molecule has 1 aromatic carbocycles. The monoisotopic (exact) mass is 338 g/mol. The molecule has 0 saturated heterocycles. The van der Waals surface area contributed by atoms with Gasteiger partial charge < -0.3 is 10.4 Å². The topological polar surface area (TPSA) is 87.5 Å². The SMILES string of the molecule is O=C(O)C1=CNC(c2nncs2)=NC1c1ccc(F)cc1Cl. The van der Waals surface area contributed by atoms with Crippen molar-refractivity contribution in [1.82, 2.24) is 15.5 Å². The van der Waals surface area contributed by atoms with Gasteiger partial charge in [0.2, 0.25) is 0 Å². The van der Waals surface area contributed by atoms with Gasteiger partial charge in [-0.05, 0) is 12.1 Å². The fourth-order valence-electron chi connectivity index (χ4n) is 1.99. The van der Waals surface area contributed by atoms with Crippen molar-refractivity contribution in [1.29, 1.82) is 0 Å². The second-order valence-corrected chi connectivity index (χ2v) is 5.58. The van der Waals surface area contributed by atoms with E-state index in [2.05, 4.69) is 20.5 Å². The van der Waals surface area contributed by atoms with Gasteiger partial charge in [-0.3, -0.25) is 4.99 Å². The average molecular weight is 339 g/mol. The second kappa shape index (κ2) is 5.82. The molecule has 0 bridgehead atoms. The summed E-state index contributed by atoms with van der Waals surface area (Å²) in [4.78, 5) is 15.7. The number of aromatic nitrogens is 2. The molecule has 9 heteroatoms. The zero-order valence-electron chi connectivity index (χ0n) is 10.8. The number of rotatable bonds is 3. The van der Waals surface area contributed by atoms with Crippen LogP contribution < -0.4 is 5.32 Å². The van der Waals surface area contributed by atoms with Crippen LogP contribution in [0.3, 0.4) is 0 Å². The number of aliphatic imine (C=N–C) groups is 1. The standard InChI is InChI=1S/C13H8ClFN4O2S/c14-9-3-6(15)1-2-7(9)10-8(13(20)21)4-16-11(18-10)12-19-17-5-22-12/h1-5,10H,(H,16,18)(H,20,21). The van der Waals surface area contributed by atoms with Gasteiger partial charge in [0, 0.05) is 16.8 Å². The maximum Gasteiger partial charge on any atom is 0.335 e. The molecule has 1 atom stereocenters. The number of nitrogens with zero attached hydrogens (tertiary/aromatic N) is 3. The first kappa shape index (κ1) is 14.6. The van der Waals surface area contributed by atoms with Crippen molar-refractivity contribution < 1.29 is 14.3 Å². The molecule has 0 radical (unpaired) electrons. The van der Waals surface area contributed by atoms with Crippen LogP contribution in [-0.4, -0.2) is 27.1 Å². The van der Waals surface area contributed by atoms with E-state index < -0.39 is 17.8 Å². The molecule has 1 aliphatic rings. The molecule has 1 aliphatic heterocycles. The zero-order valence-corrected chi connectivity index (χ0v) is 12.4. The van der Waals surface area contributed by atoms with E-state index in [0.717, 1.165) is 6.07 Å². The van der Waals surface area contributed by atoms with Crippen LogP contribution in [0.15, 0.2) is 40.5 Å². The minimum absolute atomic E-state index is 0.00164. The van der Waals surface area contributed by atoms with Crippen molar-refractivity contribution in [2.45, 2.75) is 6.04 Å². The van der Waals surface area contributed by atoms with Crippen LogP contribution in [0.2, 0.25) is 5.02 Å². The Kier molecular flexibility index (Phi) is 3.86. The molecule has 1 aromatic heterocycles. The highest BCUT2D eigenvalue weighted by Crippen LogP contribution is 2.34. The summed E-state index contributed by atoms with van der Waals surface area (Å²) in [5.74, 6) is -1.26. The minimum atomic E-state index is -1.14. The summed E-state index contributed by atoms with van der Waals surface area (Å²) < 4.78 is 13.2. The lowest BCUT2D eigenvalue weighted by molar-refractivity contribution is -0.133. The van der Waals surface area contributed by atoms with E-state index in [0.29, 0.717) is 16.4 Å². The van der Waals surface area contributed by atoms with E-state index in [9.17, 15) is 14.3 Å². The molecule has 22 heavy (non-hydrogen) atoms. The van der Waals surface area contributed by atoms with E-state index in [1.165, 1.54) is 35.2 Å². The lowest BCUT2D eigenvalue weighted by Crippen LogP contribution is -2.28. The number of aliphatic carboxylic acids is 1. The fraction of sp³-hybridized carbons (Fsp3) is 0.0769. The van der Waals surface area contributed by atoms with E-state index >= 15 is 0 Å². The number of amidine groups is 1. The number of benzene rings is 1. The first-order chi connectivity index (χ1) is 10.6. The van der Waals surface area contributed by atoms with Gasteiger partial charge >= 0.3 is 5.97 Å². The molecule has 0 saturated carbocycles. The molecular weight excluding hydrogens is 331 g/mol. The number of nitrogens with one attached hydrogen (secondary N) is 1. The summed E-state index contributed by atoms with van der Waals surface area (Å²) in [5.41, 5.74) is 1.94. The normalized spacial score (nSPS) is 17.5. The lowest BCUT2D eigenvalue weighted by Gasteiger charge is -2.21. The Morgan fingerprint density at radius 1 is 1.45 bits per heavy atom. The van der Waals surface area contributed by atoms with Gasteiger partial charge in [-0.1, -0.05) is 29.0 Å². The smallest absolute Gasteiger partial charge is 0.335 e. The van der Waals surface area contributed by atoms with Crippen molar-refractivity contribution in [3.63, 3.8) is 0 Å². The molecule has 0 aliphatic carbocycles. The van der Waals surface area contributed by atoms with Crippen LogP contribution in [-0.2, 0) is 4.79 Å². The summed E-state index contributed by atoms with van der Waals surface area (Å²) in [6.45, 7) is 0. The molecule has 0 spiro atoms. The molecule has 1 unspecified atom stereocenters. The minimum Gasteiger partial charge on any atom is -0.478 e. The van der Waals surface area contributed by atoms with Crippen molar-refractivity contribution >= 4 is 34.7 Å². The highest BCUT2D eigenvalue weighted by Gasteiger charge is 2.28. The van der Waals surface area contributed by atoms with E-state index in [4.69, 9.17) is 11.6 Å². The fourth-order valence-corrected chi connectivity index (χ4v) is 2.78. The third-order valence-electron chi connectivity index (χ3n) is 2.98. The Hall–Kier alpha value is -2.32. The molecule has 112 valence electrons. The maximum atomic E-state index is 13.2. The third kappa shape index (κ3) is 2.70. The highest BCUT2D eigenvalue weighted by atomic mass is 35.5. The van der Waals surface area contributed by atoms with E-state index in [1.807, 2.05) is 0 Å². The second-order valence-electron chi connectivity index (χ2n) is 4.34. The first-order valence-electron chi connectivity index (χ1n) is 6.05. The number of carbonyl (C=O) groups is 1. The van der Waals surface area contributed by atoms with Gasteiger partial charge in [-0.25, -0.2) is 9.18 Å². The average Bonchev–Trinajstić information content (AvgIpc) is 3.00. The number of hydrogen-bond donors (Lipinski definition) is 2. The van der Waals surface area contributed by atoms with Gasteiger partial charge in [0.1, 0.15) is 17.4 Å². The Labute approximate surface area is 133 Å². The molecule has 0 fully saturated rings. The van der Waals surface area contributed by atoms with Crippen molar-refractivity contribution in [3.8, 4) is 0 Å². The van der Waals surface area contributed by atoms with Crippen molar-refractivity contribution in [3.05, 3.63) is 56.9 Å². The van der Waals surface area contributed by atoms with Crippen molar-refractivity contribution in [2.24, 2.45) is 4.99 Å². The van der Waals surface area contributed by atoms with Gasteiger partial charge in [0.15, 0.2) is 10.8 Å². The van der Waals surface area contributed by atoms with Crippen LogP contribution in [0.1, 0.15) is 16.6 Å². The zero-order chi connectivity index (χ0) is 15.7. The summed E-state index contributed by atoms with van der Waals surface area (Å²) >= 11 is 7.29. The van der Waals surface area contributed by atoms with Crippen LogP contribution in [0.4, 0.5) is 4.39 Å². The third-order valence-corrected chi connectivity index (χ3v) is 4.01. The molecule has 2 heterocycles. The molecule has 3 rings (SSSR count). The van der Waals surface area contributed by atoms with Gasteiger partial charge in [-0.2, -0.15) is 0 Å². The Morgan fingerprint density at radius 2 is 2.27 bits per heavy atom. The molecule has 2 aromatic rings. The predicted octanol–water partition coefficient (Wildman–Crippen LogP) is 2.39. The predicted molar refractivity (Wildman–Crippen MR) is 79.5 cm³/mol. The van der Waals surface area contributed by atoms with Crippen molar-refractivity contribution in [2.75, 3.05) is 0 Å². The number of carboxylic acids is 1. The first-order valence-corrected chi connectivity index (χ1v) is 7.31. The summed E-state index contributed by atoms with van der Waals surface area (Å²) in [5, 5.41) is 20.3. The Balaban J connectivity index is 2.08. The number of hydrogen-bond acceptors (Lipinski definition) is 6. The molecule has 0 amide bonds. The van der Waals surface area contributed by atoms with Gasteiger partial charge in [0.05, 0.1) is 5.57 Å². The van der Waals surface area contributed by atoms with E-state index in [-0.39, 0.29) is 10.6 Å². The number of carboxylic acid groups (broad SMARTS) is 1. The van der Waals surface area contributed by atoms with E-state index in [1.54, 1.807) is 0 Å². The molecule has 6 nitrogen and oxygen atoms in total. The summed E-state index contributed by atoms with van der Waals surface area (Å²) in [6, 6.07) is 2.90. The van der Waals surface area contributed by atoms with Crippen LogP contribution >= 0.6 is 22.9 Å². The Bertz CT molecular complexity index is 791. The lowest BCUT2D eigenvalue weighted by atomic mass is 9.98. The molecule has 2 N–H and O–H groups in total. The molecular formula is C13H8ClFN4O2S. The van der Waals surface area contributed by atoms with Gasteiger partial charge in [0.25, 0.3) is 0 Å². The van der Waals surface area contributed by atoms with Crippen LogP contribution in [0.5, 0.6) is 0 Å².